The monoisotopic (exact) mass is 278 g/mol. The minimum absolute atomic E-state index is 0.0483. The van der Waals surface area contributed by atoms with Crippen LogP contribution in [0.1, 0.15) is 33.1 Å². The maximum atomic E-state index is 12.1. The van der Waals surface area contributed by atoms with E-state index in [0.29, 0.717) is 13.2 Å². The van der Waals surface area contributed by atoms with Crippen LogP contribution in [-0.4, -0.2) is 24.7 Å². The Labute approximate surface area is 106 Å². The minimum Gasteiger partial charge on any atom is -0.301 e. The molecule has 0 aromatic carbocycles. The summed E-state index contributed by atoms with van der Waals surface area (Å²) < 4.78 is 22.3. The minimum atomic E-state index is -3.14. The van der Waals surface area contributed by atoms with Crippen molar-refractivity contribution in [1.29, 1.82) is 0 Å². The van der Waals surface area contributed by atoms with Crippen molar-refractivity contribution in [1.82, 2.24) is 0 Å². The van der Waals surface area contributed by atoms with Crippen LogP contribution in [0.2, 0.25) is 0 Å². The van der Waals surface area contributed by atoms with Crippen molar-refractivity contribution in [2.24, 2.45) is 0 Å². The molecule has 1 aliphatic carbocycles. The Kier molecular flexibility index (Phi) is 6.49. The summed E-state index contributed by atoms with van der Waals surface area (Å²) in [6, 6.07) is 0. The second-order valence-corrected chi connectivity index (χ2v) is 7.67. The molecule has 1 aliphatic rings. The van der Waals surface area contributed by atoms with Crippen molar-refractivity contribution in [3.63, 3.8) is 0 Å². The van der Waals surface area contributed by atoms with Crippen molar-refractivity contribution in [2.45, 2.75) is 33.1 Å². The lowest BCUT2D eigenvalue weighted by atomic mass is 10.2. The number of carbonyl (C=O) groups is 1. The van der Waals surface area contributed by atoms with Gasteiger partial charge in [-0.25, -0.2) is 4.57 Å². The van der Waals surface area contributed by atoms with Crippen LogP contribution in [0.15, 0.2) is 11.6 Å². The summed E-state index contributed by atoms with van der Waals surface area (Å²) in [6.45, 7) is 1.01. The van der Waals surface area contributed by atoms with E-state index in [1.807, 2.05) is 6.08 Å². The first-order valence-corrected chi connectivity index (χ1v) is 9.00. The summed E-state index contributed by atoms with van der Waals surface area (Å²) in [6.07, 6.45) is 4.82. The summed E-state index contributed by atoms with van der Waals surface area (Å²) in [5.41, 5.74) is 0.858. The van der Waals surface area contributed by atoms with Crippen molar-refractivity contribution in [3.8, 4) is 0 Å². The first-order chi connectivity index (χ1) is 8.11. The zero-order chi connectivity index (χ0) is 12.7. The smallest absolute Gasteiger partial charge is 0.301 e. The van der Waals surface area contributed by atoms with E-state index >= 15 is 0 Å². The fourth-order valence-corrected chi connectivity index (χ4v) is 4.81. The fraction of sp³-hybridized carbons (Fsp3) is 0.727. The molecule has 0 radical (unpaired) electrons. The number of Topliss-reactive ketones (excluding diaryl/α,β-unsaturated/α-hetero) is 1. The molecule has 0 spiro atoms. The van der Waals surface area contributed by atoms with E-state index in [0.717, 1.165) is 36.2 Å². The number of allylic oxidation sites excluding steroid dienone is 2. The number of hydrogen-bond acceptors (Lipinski definition) is 5. The highest BCUT2D eigenvalue weighted by atomic mass is 32.7. The maximum Gasteiger partial charge on any atom is 0.389 e. The van der Waals surface area contributed by atoms with Gasteiger partial charge >= 0.3 is 6.80 Å². The molecular weight excluding hydrogens is 259 g/mol. The molecule has 0 saturated heterocycles. The molecule has 98 valence electrons. The van der Waals surface area contributed by atoms with Gasteiger partial charge in [-0.15, -0.1) is 0 Å². The molecule has 6 heteroatoms. The van der Waals surface area contributed by atoms with Gasteiger partial charge in [0.25, 0.3) is 0 Å². The highest BCUT2D eigenvalue weighted by Crippen LogP contribution is 2.60. The molecule has 0 saturated carbocycles. The Morgan fingerprint density at radius 3 is 2.53 bits per heavy atom. The molecule has 0 fully saturated rings. The van der Waals surface area contributed by atoms with Crippen LogP contribution in [-0.2, 0) is 18.4 Å². The first kappa shape index (κ1) is 15.0. The molecule has 1 rings (SSSR count). The molecule has 0 N–H and O–H groups in total. The average molecular weight is 278 g/mol. The maximum absolute atomic E-state index is 12.1. The zero-order valence-corrected chi connectivity index (χ0v) is 12.0. The lowest BCUT2D eigenvalue weighted by molar-refractivity contribution is -0.113. The molecule has 0 aromatic heterocycles. The number of hydrogen-bond donors (Lipinski definition) is 0. The summed E-state index contributed by atoms with van der Waals surface area (Å²) in [7, 11) is 0. The molecule has 0 aliphatic heterocycles. The standard InChI is InChI=1S/C11H19O4PS/c1-3-14-16(13,15-4-2)17-9-11(12)10-7-5-6-8-10/h7H,3-6,8-9H2,1-2H3. The highest BCUT2D eigenvalue weighted by Gasteiger charge is 2.26. The van der Waals surface area contributed by atoms with Gasteiger partial charge < -0.3 is 9.05 Å². The van der Waals surface area contributed by atoms with Crippen molar-refractivity contribution in [3.05, 3.63) is 11.6 Å². The summed E-state index contributed by atoms with van der Waals surface area (Å²) in [5.74, 6) is 0.218. The van der Waals surface area contributed by atoms with Crippen LogP contribution < -0.4 is 0 Å². The Bertz CT molecular complexity index is 330. The summed E-state index contributed by atoms with van der Waals surface area (Å²) >= 11 is 0.989. The molecular formula is C11H19O4PS. The van der Waals surface area contributed by atoms with Gasteiger partial charge in [0.1, 0.15) is 0 Å². The molecule has 0 heterocycles. The average Bonchev–Trinajstić information content (AvgIpc) is 2.80. The van der Waals surface area contributed by atoms with Crippen LogP contribution >= 0.6 is 18.2 Å². The van der Waals surface area contributed by atoms with Gasteiger partial charge in [-0.1, -0.05) is 6.08 Å². The van der Waals surface area contributed by atoms with E-state index in [9.17, 15) is 9.36 Å². The molecule has 0 bridgehead atoms. The van der Waals surface area contributed by atoms with Crippen LogP contribution in [0.3, 0.4) is 0 Å². The lowest BCUT2D eigenvalue weighted by Crippen LogP contribution is -2.05. The second kappa shape index (κ2) is 7.37. The molecule has 0 unspecified atom stereocenters. The Hall–Kier alpha value is -0.0900. The molecule has 0 atom stereocenters. The predicted octanol–water partition coefficient (Wildman–Crippen LogP) is 3.58. The van der Waals surface area contributed by atoms with Crippen LogP contribution in [0.5, 0.6) is 0 Å². The molecule has 0 aromatic rings. The van der Waals surface area contributed by atoms with Crippen molar-refractivity contribution < 1.29 is 18.4 Å². The first-order valence-electron chi connectivity index (χ1n) is 5.87. The van der Waals surface area contributed by atoms with E-state index in [1.165, 1.54) is 0 Å². The molecule has 4 nitrogen and oxygen atoms in total. The van der Waals surface area contributed by atoms with Gasteiger partial charge in [0.2, 0.25) is 0 Å². The number of carbonyl (C=O) groups excluding carboxylic acids is 1. The third-order valence-electron chi connectivity index (χ3n) is 2.33. The van der Waals surface area contributed by atoms with E-state index in [4.69, 9.17) is 9.05 Å². The third kappa shape index (κ3) is 4.96. The van der Waals surface area contributed by atoms with Crippen LogP contribution in [0, 0.1) is 0 Å². The van der Waals surface area contributed by atoms with Crippen LogP contribution in [0.25, 0.3) is 0 Å². The van der Waals surface area contributed by atoms with Gasteiger partial charge in [-0.3, -0.25) is 4.79 Å². The van der Waals surface area contributed by atoms with E-state index in [2.05, 4.69) is 0 Å². The molecule has 17 heavy (non-hydrogen) atoms. The number of rotatable bonds is 8. The van der Waals surface area contributed by atoms with Gasteiger partial charge in [0.05, 0.1) is 19.0 Å². The predicted molar refractivity (Wildman–Crippen MR) is 70.3 cm³/mol. The highest BCUT2D eigenvalue weighted by molar-refractivity contribution is 8.55. The molecule has 0 amide bonds. The Morgan fingerprint density at radius 2 is 2.06 bits per heavy atom. The summed E-state index contributed by atoms with van der Waals surface area (Å²) in [5, 5.41) is 0. The fourth-order valence-electron chi connectivity index (χ4n) is 1.58. The Balaban J connectivity index is 2.46. The lowest BCUT2D eigenvalue weighted by Gasteiger charge is -2.15. The van der Waals surface area contributed by atoms with E-state index in [1.54, 1.807) is 13.8 Å². The Morgan fingerprint density at radius 1 is 1.41 bits per heavy atom. The topological polar surface area (TPSA) is 52.6 Å². The van der Waals surface area contributed by atoms with Gasteiger partial charge in [-0.05, 0) is 50.1 Å². The van der Waals surface area contributed by atoms with Crippen molar-refractivity contribution >= 4 is 24.0 Å². The van der Waals surface area contributed by atoms with Crippen molar-refractivity contribution in [2.75, 3.05) is 19.0 Å². The zero-order valence-electron chi connectivity index (χ0n) is 10.3. The van der Waals surface area contributed by atoms with Gasteiger partial charge in [-0.2, -0.15) is 0 Å². The van der Waals surface area contributed by atoms with Gasteiger partial charge in [0, 0.05) is 0 Å². The van der Waals surface area contributed by atoms with E-state index < -0.39 is 6.80 Å². The quantitative estimate of drug-likeness (QED) is 0.635. The van der Waals surface area contributed by atoms with E-state index in [-0.39, 0.29) is 11.5 Å². The second-order valence-electron chi connectivity index (χ2n) is 3.60. The SMILES string of the molecule is CCOP(=O)(OCC)SCC(=O)C1=CCCC1. The normalized spacial score (nSPS) is 16.0. The van der Waals surface area contributed by atoms with Crippen LogP contribution in [0.4, 0.5) is 0 Å². The van der Waals surface area contributed by atoms with Gasteiger partial charge in [0.15, 0.2) is 5.78 Å². The third-order valence-corrected chi connectivity index (χ3v) is 6.15. The summed E-state index contributed by atoms with van der Waals surface area (Å²) in [4.78, 5) is 11.8. The number of ketones is 1. The largest absolute Gasteiger partial charge is 0.389 e.